The first-order valence-corrected chi connectivity index (χ1v) is 9.47. The third-order valence-corrected chi connectivity index (χ3v) is 4.46. The molecule has 1 fully saturated rings. The zero-order chi connectivity index (χ0) is 19.6. The second-order valence-electron chi connectivity index (χ2n) is 7.37. The average Bonchev–Trinajstić information content (AvgIpc) is 2.85. The molecule has 1 saturated heterocycles. The van der Waals surface area contributed by atoms with E-state index in [1.165, 1.54) is 5.56 Å². The van der Waals surface area contributed by atoms with Gasteiger partial charge in [-0.1, -0.05) is 26.0 Å². The molecular weight excluding hydrogens is 342 g/mol. The Morgan fingerprint density at radius 2 is 1.78 bits per heavy atom. The fraction of sp³-hybridized carbons (Fsp3) is 0.550. The van der Waals surface area contributed by atoms with Crippen LogP contribution in [0.3, 0.4) is 0 Å². The number of nitriles is 1. The molecule has 7 nitrogen and oxygen atoms in total. The molecular formula is C20H29N5O2. The maximum absolute atomic E-state index is 12.1. The summed E-state index contributed by atoms with van der Waals surface area (Å²) in [5, 5.41) is 14.0. The summed E-state index contributed by atoms with van der Waals surface area (Å²) in [7, 11) is 0. The van der Waals surface area contributed by atoms with E-state index in [-0.39, 0.29) is 12.5 Å². The van der Waals surface area contributed by atoms with Crippen LogP contribution in [0.5, 0.6) is 0 Å². The lowest BCUT2D eigenvalue weighted by molar-refractivity contribution is -0.121. The van der Waals surface area contributed by atoms with Crippen molar-refractivity contribution in [2.45, 2.75) is 26.8 Å². The number of hydrogen-bond acceptors (Lipinski definition) is 5. The number of nitrogens with zero attached hydrogens (tertiary/aromatic N) is 3. The van der Waals surface area contributed by atoms with E-state index >= 15 is 0 Å². The predicted molar refractivity (Wildman–Crippen MR) is 104 cm³/mol. The van der Waals surface area contributed by atoms with Crippen LogP contribution in [0.4, 0.5) is 4.79 Å². The summed E-state index contributed by atoms with van der Waals surface area (Å²) in [4.78, 5) is 28.2. The van der Waals surface area contributed by atoms with Crippen LogP contribution in [0, 0.1) is 17.2 Å². The second-order valence-corrected chi connectivity index (χ2v) is 7.37. The minimum absolute atomic E-state index is 0.236. The third-order valence-electron chi connectivity index (χ3n) is 4.46. The molecule has 1 aromatic carbocycles. The second kappa shape index (κ2) is 10.7. The van der Waals surface area contributed by atoms with Gasteiger partial charge in [-0.05, 0) is 43.1 Å². The van der Waals surface area contributed by atoms with Crippen molar-refractivity contribution in [2.75, 3.05) is 39.3 Å². The van der Waals surface area contributed by atoms with E-state index in [2.05, 4.69) is 26.5 Å². The molecule has 0 atom stereocenters. The first kappa shape index (κ1) is 20.9. The lowest BCUT2D eigenvalue weighted by atomic mass is 10.1. The number of benzene rings is 1. The number of rotatable bonds is 6. The van der Waals surface area contributed by atoms with Crippen LogP contribution in [0.1, 0.15) is 31.4 Å². The highest BCUT2D eigenvalue weighted by atomic mass is 16.2. The Bertz CT molecular complexity index is 666. The van der Waals surface area contributed by atoms with Gasteiger partial charge in [-0.3, -0.25) is 19.9 Å². The van der Waals surface area contributed by atoms with Crippen molar-refractivity contribution in [2.24, 2.45) is 5.92 Å². The van der Waals surface area contributed by atoms with Crippen molar-refractivity contribution in [3.63, 3.8) is 0 Å². The number of imide groups is 1. The van der Waals surface area contributed by atoms with Crippen LogP contribution in [0.15, 0.2) is 24.3 Å². The van der Waals surface area contributed by atoms with Gasteiger partial charge in [0, 0.05) is 26.2 Å². The summed E-state index contributed by atoms with van der Waals surface area (Å²) in [5.41, 5.74) is 1.85. The lowest BCUT2D eigenvalue weighted by Gasteiger charge is -2.21. The molecule has 146 valence electrons. The van der Waals surface area contributed by atoms with Gasteiger partial charge in [-0.2, -0.15) is 5.26 Å². The number of hydrogen-bond donors (Lipinski definition) is 2. The molecule has 0 spiro atoms. The average molecular weight is 371 g/mol. The predicted octanol–water partition coefficient (Wildman–Crippen LogP) is 1.55. The molecule has 2 N–H and O–H groups in total. The van der Waals surface area contributed by atoms with E-state index in [1.807, 2.05) is 38.1 Å². The van der Waals surface area contributed by atoms with Gasteiger partial charge in [0.05, 0.1) is 18.2 Å². The Morgan fingerprint density at radius 1 is 1.11 bits per heavy atom. The molecule has 1 aliphatic heterocycles. The first-order chi connectivity index (χ1) is 13.0. The molecule has 3 amide bonds. The molecule has 2 rings (SSSR count). The Balaban J connectivity index is 1.74. The first-order valence-electron chi connectivity index (χ1n) is 9.47. The number of carbonyl (C=O) groups excluding carboxylic acids is 2. The maximum Gasteiger partial charge on any atom is 0.321 e. The third kappa shape index (κ3) is 7.77. The minimum Gasteiger partial charge on any atom is -0.338 e. The molecule has 0 bridgehead atoms. The fourth-order valence-corrected chi connectivity index (χ4v) is 2.99. The molecule has 7 heteroatoms. The Kier molecular flexibility index (Phi) is 8.24. The fourth-order valence-electron chi connectivity index (χ4n) is 2.99. The van der Waals surface area contributed by atoms with E-state index in [0.29, 0.717) is 18.0 Å². The summed E-state index contributed by atoms with van der Waals surface area (Å²) in [6, 6.07) is 9.37. The topological polar surface area (TPSA) is 88.5 Å². The zero-order valence-electron chi connectivity index (χ0n) is 16.2. The molecule has 1 aliphatic rings. The van der Waals surface area contributed by atoms with Crippen LogP contribution in [-0.4, -0.2) is 61.0 Å². The van der Waals surface area contributed by atoms with Gasteiger partial charge in [0.1, 0.15) is 0 Å². The Morgan fingerprint density at radius 3 is 2.44 bits per heavy atom. The van der Waals surface area contributed by atoms with Gasteiger partial charge in [0.2, 0.25) is 5.91 Å². The van der Waals surface area contributed by atoms with Gasteiger partial charge in [0.25, 0.3) is 0 Å². The number of amides is 3. The Labute approximate surface area is 161 Å². The number of urea groups is 1. The number of carbonyl (C=O) groups is 2. The molecule has 0 saturated carbocycles. The van der Waals surface area contributed by atoms with Gasteiger partial charge in [-0.15, -0.1) is 0 Å². The standard InChI is InChI=1S/C20H29N5O2/c1-16(2)13-22-20(27)23-19(26)15-25-9-3-8-24(10-11-25)14-18-6-4-17(12-21)5-7-18/h4-7,16H,3,8-11,13-15H2,1-2H3,(H2,22,23,26,27). The molecule has 0 aromatic heterocycles. The van der Waals surface area contributed by atoms with Crippen molar-refractivity contribution in [1.29, 1.82) is 5.26 Å². The van der Waals surface area contributed by atoms with Crippen LogP contribution in [0.25, 0.3) is 0 Å². The summed E-state index contributed by atoms with van der Waals surface area (Å²) in [5.74, 6) is 0.0790. The Hall–Kier alpha value is -2.43. The van der Waals surface area contributed by atoms with E-state index < -0.39 is 6.03 Å². The highest BCUT2D eigenvalue weighted by Crippen LogP contribution is 2.10. The van der Waals surface area contributed by atoms with Crippen molar-refractivity contribution >= 4 is 11.9 Å². The maximum atomic E-state index is 12.1. The van der Waals surface area contributed by atoms with E-state index in [1.54, 1.807) is 0 Å². The van der Waals surface area contributed by atoms with Crippen LogP contribution >= 0.6 is 0 Å². The van der Waals surface area contributed by atoms with Crippen LogP contribution < -0.4 is 10.6 Å². The molecule has 1 aromatic rings. The highest BCUT2D eigenvalue weighted by molar-refractivity contribution is 5.95. The normalized spacial score (nSPS) is 15.8. The van der Waals surface area contributed by atoms with Crippen LogP contribution in [0.2, 0.25) is 0 Å². The quantitative estimate of drug-likeness (QED) is 0.792. The van der Waals surface area contributed by atoms with Gasteiger partial charge in [-0.25, -0.2) is 4.79 Å². The van der Waals surface area contributed by atoms with E-state index in [9.17, 15) is 9.59 Å². The van der Waals surface area contributed by atoms with Crippen molar-refractivity contribution < 1.29 is 9.59 Å². The zero-order valence-corrected chi connectivity index (χ0v) is 16.2. The smallest absolute Gasteiger partial charge is 0.321 e. The monoisotopic (exact) mass is 371 g/mol. The van der Waals surface area contributed by atoms with Gasteiger partial charge in [0.15, 0.2) is 0 Å². The van der Waals surface area contributed by atoms with Crippen LogP contribution in [-0.2, 0) is 11.3 Å². The van der Waals surface area contributed by atoms with Crippen molar-refractivity contribution in [1.82, 2.24) is 20.4 Å². The van der Waals surface area contributed by atoms with E-state index in [4.69, 9.17) is 5.26 Å². The molecule has 0 unspecified atom stereocenters. The largest absolute Gasteiger partial charge is 0.338 e. The summed E-state index contributed by atoms with van der Waals surface area (Å²) < 4.78 is 0. The highest BCUT2D eigenvalue weighted by Gasteiger charge is 2.18. The minimum atomic E-state index is -0.425. The lowest BCUT2D eigenvalue weighted by Crippen LogP contribution is -2.45. The molecule has 0 radical (unpaired) electrons. The molecule has 1 heterocycles. The van der Waals surface area contributed by atoms with E-state index in [0.717, 1.165) is 39.1 Å². The van der Waals surface area contributed by atoms with Gasteiger partial charge < -0.3 is 5.32 Å². The summed E-state index contributed by atoms with van der Waals surface area (Å²) in [6.07, 6.45) is 0.975. The van der Waals surface area contributed by atoms with Crippen molar-refractivity contribution in [3.8, 4) is 6.07 Å². The summed E-state index contributed by atoms with van der Waals surface area (Å²) in [6.45, 7) is 9.09. The van der Waals surface area contributed by atoms with Gasteiger partial charge >= 0.3 is 6.03 Å². The van der Waals surface area contributed by atoms with Crippen molar-refractivity contribution in [3.05, 3.63) is 35.4 Å². The SMILES string of the molecule is CC(C)CNC(=O)NC(=O)CN1CCCN(Cc2ccc(C#N)cc2)CC1. The molecule has 0 aliphatic carbocycles. The number of nitrogens with one attached hydrogen (secondary N) is 2. The molecule has 27 heavy (non-hydrogen) atoms. The summed E-state index contributed by atoms with van der Waals surface area (Å²) >= 11 is 0.